The Labute approximate surface area is 136 Å². The summed E-state index contributed by atoms with van der Waals surface area (Å²) in [7, 11) is -1.74. The maximum absolute atomic E-state index is 12.7. The molecule has 1 aliphatic rings. The van der Waals surface area contributed by atoms with Crippen molar-refractivity contribution in [1.82, 2.24) is 9.21 Å². The number of aryl methyl sites for hydroxylation is 1. The zero-order chi connectivity index (χ0) is 15.6. The number of sulfonamides is 1. The molecule has 0 bridgehead atoms. The molecule has 0 N–H and O–H groups in total. The molecule has 0 aromatic heterocycles. The molecule has 9 heteroatoms. The van der Waals surface area contributed by atoms with E-state index in [9.17, 15) is 18.5 Å². The minimum Gasteiger partial charge on any atom is -1.00 e. The molecule has 0 unspecified atom stereocenters. The van der Waals surface area contributed by atoms with E-state index < -0.39 is 14.9 Å². The van der Waals surface area contributed by atoms with E-state index >= 15 is 0 Å². The zero-order valence-corrected chi connectivity index (χ0v) is 14.1. The van der Waals surface area contributed by atoms with Gasteiger partial charge in [0.15, 0.2) is 0 Å². The standard InChI is InChI=1S/C13H19N3O4S.ClH/c1-11-4-5-12(16(17)18)10-13(11)21(19,20)15-7-3-6-14(2)8-9-15;/h4-5,10H,3,6-9H2,1-2H3;1H/p-1. The molecule has 0 atom stereocenters. The van der Waals surface area contributed by atoms with Gasteiger partial charge in [-0.05, 0) is 32.5 Å². The van der Waals surface area contributed by atoms with Gasteiger partial charge in [0, 0.05) is 31.8 Å². The summed E-state index contributed by atoms with van der Waals surface area (Å²) < 4.78 is 26.9. The van der Waals surface area contributed by atoms with Crippen molar-refractivity contribution in [3.05, 3.63) is 33.9 Å². The first-order valence-electron chi connectivity index (χ1n) is 6.76. The second-order valence-corrected chi connectivity index (χ2v) is 7.17. The molecule has 0 spiro atoms. The van der Waals surface area contributed by atoms with Crippen LogP contribution in [0.1, 0.15) is 12.0 Å². The van der Waals surface area contributed by atoms with Crippen LogP contribution in [0.15, 0.2) is 23.1 Å². The lowest BCUT2D eigenvalue weighted by Crippen LogP contribution is -3.00. The van der Waals surface area contributed by atoms with Gasteiger partial charge in [-0.1, -0.05) is 6.07 Å². The molecular weight excluding hydrogens is 330 g/mol. The molecule has 2 rings (SSSR count). The number of nitrogens with zero attached hydrogens (tertiary/aromatic N) is 3. The Balaban J connectivity index is 0.00000242. The van der Waals surface area contributed by atoms with E-state index in [4.69, 9.17) is 0 Å². The highest BCUT2D eigenvalue weighted by Gasteiger charge is 2.28. The van der Waals surface area contributed by atoms with Gasteiger partial charge in [0.1, 0.15) is 0 Å². The van der Waals surface area contributed by atoms with Crippen LogP contribution in [0.5, 0.6) is 0 Å². The number of rotatable bonds is 3. The first-order valence-corrected chi connectivity index (χ1v) is 8.20. The van der Waals surface area contributed by atoms with Crippen molar-refractivity contribution < 1.29 is 25.7 Å². The van der Waals surface area contributed by atoms with Crippen molar-refractivity contribution >= 4 is 15.7 Å². The van der Waals surface area contributed by atoms with Crippen LogP contribution in [0.3, 0.4) is 0 Å². The van der Waals surface area contributed by atoms with Gasteiger partial charge in [-0.15, -0.1) is 0 Å². The van der Waals surface area contributed by atoms with Gasteiger partial charge in [-0.2, -0.15) is 4.31 Å². The van der Waals surface area contributed by atoms with Gasteiger partial charge >= 0.3 is 0 Å². The molecule has 22 heavy (non-hydrogen) atoms. The summed E-state index contributed by atoms with van der Waals surface area (Å²) in [6.07, 6.45) is 0.754. The van der Waals surface area contributed by atoms with Crippen molar-refractivity contribution in [1.29, 1.82) is 0 Å². The van der Waals surface area contributed by atoms with E-state index in [0.717, 1.165) is 19.0 Å². The van der Waals surface area contributed by atoms with Crippen molar-refractivity contribution in [2.45, 2.75) is 18.2 Å². The number of nitro benzene ring substituents is 1. The van der Waals surface area contributed by atoms with Crippen LogP contribution < -0.4 is 12.4 Å². The molecule has 1 saturated heterocycles. The smallest absolute Gasteiger partial charge is 0.270 e. The third-order valence-electron chi connectivity index (χ3n) is 3.68. The molecule has 0 aliphatic carbocycles. The Morgan fingerprint density at radius 2 is 1.86 bits per heavy atom. The molecule has 0 radical (unpaired) electrons. The van der Waals surface area contributed by atoms with Gasteiger partial charge in [0.2, 0.25) is 10.0 Å². The lowest BCUT2D eigenvalue weighted by Gasteiger charge is -2.21. The monoisotopic (exact) mass is 348 g/mol. The number of halogens is 1. The topological polar surface area (TPSA) is 83.8 Å². The average molecular weight is 349 g/mol. The fraction of sp³-hybridized carbons (Fsp3) is 0.538. The number of benzene rings is 1. The van der Waals surface area contributed by atoms with Crippen molar-refractivity contribution in [2.75, 3.05) is 33.2 Å². The summed E-state index contributed by atoms with van der Waals surface area (Å²) in [6, 6.07) is 3.96. The molecule has 0 amide bonds. The molecule has 124 valence electrons. The maximum Gasteiger partial charge on any atom is 0.270 e. The first kappa shape index (κ1) is 18.8. The SMILES string of the molecule is Cc1ccc([N+](=O)[O-])cc1S(=O)(=O)N1CCCN(C)CC1.[Cl-]. The van der Waals surface area contributed by atoms with Crippen LogP contribution in [0.2, 0.25) is 0 Å². The third kappa shape index (κ3) is 3.95. The first-order chi connectivity index (χ1) is 9.82. The highest BCUT2D eigenvalue weighted by Crippen LogP contribution is 2.25. The summed E-state index contributed by atoms with van der Waals surface area (Å²) in [5.41, 5.74) is 0.323. The Morgan fingerprint density at radius 3 is 2.50 bits per heavy atom. The largest absolute Gasteiger partial charge is 1.00 e. The number of hydrogen-bond acceptors (Lipinski definition) is 5. The molecule has 1 heterocycles. The van der Waals surface area contributed by atoms with Crippen LogP contribution in [0.4, 0.5) is 5.69 Å². The third-order valence-corrected chi connectivity index (χ3v) is 5.72. The van der Waals surface area contributed by atoms with E-state index in [1.54, 1.807) is 6.92 Å². The highest BCUT2D eigenvalue weighted by molar-refractivity contribution is 7.89. The van der Waals surface area contributed by atoms with E-state index in [1.807, 2.05) is 7.05 Å². The summed E-state index contributed by atoms with van der Waals surface area (Å²) in [5.74, 6) is 0. The van der Waals surface area contributed by atoms with Crippen LogP contribution >= 0.6 is 0 Å². The van der Waals surface area contributed by atoms with Crippen molar-refractivity contribution in [2.24, 2.45) is 0 Å². The fourth-order valence-corrected chi connectivity index (χ4v) is 4.10. The number of likely N-dealkylation sites (N-methyl/N-ethyl adjacent to an activating group) is 1. The predicted octanol–water partition coefficient (Wildman–Crippen LogP) is -1.77. The Hall–Kier alpha value is -1.22. The summed E-state index contributed by atoms with van der Waals surface area (Å²) in [5, 5.41) is 10.9. The quantitative estimate of drug-likeness (QED) is 0.477. The summed E-state index contributed by atoms with van der Waals surface area (Å²) in [6.45, 7) is 4.00. The molecular formula is C13H19ClN3O4S-. The van der Waals surface area contributed by atoms with Crippen molar-refractivity contribution in [3.63, 3.8) is 0 Å². The number of hydrogen-bond donors (Lipinski definition) is 0. The fourth-order valence-electron chi connectivity index (χ4n) is 2.38. The molecule has 0 saturated carbocycles. The van der Waals surface area contributed by atoms with Gasteiger partial charge in [0.05, 0.1) is 9.82 Å². The van der Waals surface area contributed by atoms with Crippen LogP contribution in [-0.4, -0.2) is 55.8 Å². The molecule has 7 nitrogen and oxygen atoms in total. The van der Waals surface area contributed by atoms with E-state index in [1.165, 1.54) is 16.4 Å². The number of nitro groups is 1. The molecule has 1 aliphatic heterocycles. The van der Waals surface area contributed by atoms with Gasteiger partial charge in [-0.3, -0.25) is 10.1 Å². The molecule has 1 aromatic carbocycles. The minimum absolute atomic E-state index is 0. The van der Waals surface area contributed by atoms with E-state index in [2.05, 4.69) is 4.90 Å². The second-order valence-electron chi connectivity index (χ2n) is 5.27. The Kier molecular flexibility index (Phi) is 6.30. The van der Waals surface area contributed by atoms with Gasteiger partial charge < -0.3 is 17.3 Å². The van der Waals surface area contributed by atoms with Crippen LogP contribution in [-0.2, 0) is 10.0 Å². The van der Waals surface area contributed by atoms with E-state index in [-0.39, 0.29) is 23.0 Å². The Bertz CT molecular complexity index is 651. The summed E-state index contributed by atoms with van der Waals surface area (Å²) in [4.78, 5) is 12.4. The maximum atomic E-state index is 12.7. The second kappa shape index (κ2) is 7.36. The lowest BCUT2D eigenvalue weighted by molar-refractivity contribution is -0.385. The summed E-state index contributed by atoms with van der Waals surface area (Å²) >= 11 is 0. The predicted molar refractivity (Wildman–Crippen MR) is 78.7 cm³/mol. The normalized spacial score (nSPS) is 17.5. The van der Waals surface area contributed by atoms with Crippen LogP contribution in [0, 0.1) is 17.0 Å². The van der Waals surface area contributed by atoms with E-state index in [0.29, 0.717) is 25.2 Å². The van der Waals surface area contributed by atoms with Gasteiger partial charge in [-0.25, -0.2) is 8.42 Å². The highest BCUT2D eigenvalue weighted by atomic mass is 35.5. The van der Waals surface area contributed by atoms with Crippen LogP contribution in [0.25, 0.3) is 0 Å². The van der Waals surface area contributed by atoms with Gasteiger partial charge in [0.25, 0.3) is 5.69 Å². The number of non-ortho nitro benzene ring substituents is 1. The lowest BCUT2D eigenvalue weighted by atomic mass is 10.2. The molecule has 1 aromatic rings. The van der Waals surface area contributed by atoms with Crippen molar-refractivity contribution in [3.8, 4) is 0 Å². The zero-order valence-electron chi connectivity index (χ0n) is 12.5. The minimum atomic E-state index is -3.69. The average Bonchev–Trinajstić information content (AvgIpc) is 2.64. The molecule has 1 fully saturated rings. The Morgan fingerprint density at radius 1 is 1.18 bits per heavy atom.